The molecule has 3 aromatic heterocycles. The topological polar surface area (TPSA) is 90.5 Å². The third-order valence-corrected chi connectivity index (χ3v) is 4.07. The van der Waals surface area contributed by atoms with E-state index in [4.69, 9.17) is 0 Å². The first-order chi connectivity index (χ1) is 12.6. The number of aryl methyl sites for hydroxylation is 2. The number of nitrogens with one attached hydrogen (secondary N) is 1. The third kappa shape index (κ3) is 3.16. The van der Waals surface area contributed by atoms with Crippen LogP contribution < -0.4 is 5.32 Å². The summed E-state index contributed by atoms with van der Waals surface area (Å²) in [6.45, 7) is 0. The van der Waals surface area contributed by atoms with E-state index in [1.165, 1.54) is 0 Å². The highest BCUT2D eigenvalue weighted by molar-refractivity contribution is 5.92. The van der Waals surface area contributed by atoms with Crippen molar-refractivity contribution in [1.82, 2.24) is 29.3 Å². The Kier molecular flexibility index (Phi) is 3.92. The summed E-state index contributed by atoms with van der Waals surface area (Å²) < 4.78 is 3.61. The van der Waals surface area contributed by atoms with E-state index in [-0.39, 0.29) is 18.3 Å². The molecule has 0 spiro atoms. The maximum atomic E-state index is 12.2. The summed E-state index contributed by atoms with van der Waals surface area (Å²) in [4.78, 5) is 25.0. The van der Waals surface area contributed by atoms with Gasteiger partial charge in [-0.2, -0.15) is 5.10 Å². The van der Waals surface area contributed by atoms with Gasteiger partial charge in [-0.05, 0) is 11.6 Å². The van der Waals surface area contributed by atoms with Crippen LogP contribution in [-0.2, 0) is 25.3 Å². The van der Waals surface area contributed by atoms with Crippen LogP contribution >= 0.6 is 0 Å². The van der Waals surface area contributed by atoms with Crippen LogP contribution in [0.15, 0.2) is 49.3 Å². The summed E-state index contributed by atoms with van der Waals surface area (Å²) in [5, 5.41) is 7.70. The number of benzene rings is 1. The molecule has 0 unspecified atom stereocenters. The molecule has 0 aliphatic rings. The molecular formula is C18H17N7O. The molecule has 0 radical (unpaired) electrons. The average Bonchev–Trinajstić information content (AvgIpc) is 3.22. The van der Waals surface area contributed by atoms with Crippen LogP contribution in [0.4, 0.5) is 5.95 Å². The number of amides is 1. The van der Waals surface area contributed by atoms with Gasteiger partial charge in [-0.1, -0.05) is 12.1 Å². The summed E-state index contributed by atoms with van der Waals surface area (Å²) in [6, 6.07) is 5.92. The number of anilines is 1. The van der Waals surface area contributed by atoms with E-state index in [0.717, 1.165) is 27.7 Å². The van der Waals surface area contributed by atoms with Crippen LogP contribution in [0.25, 0.3) is 22.2 Å². The predicted octanol–water partition coefficient (Wildman–Crippen LogP) is 1.94. The number of aromatic nitrogens is 6. The number of hydrogen-bond donors (Lipinski definition) is 1. The molecule has 1 N–H and O–H groups in total. The second-order valence-electron chi connectivity index (χ2n) is 6.10. The molecule has 0 saturated heterocycles. The molecule has 130 valence electrons. The van der Waals surface area contributed by atoms with Crippen molar-refractivity contribution >= 4 is 22.8 Å². The van der Waals surface area contributed by atoms with E-state index in [2.05, 4.69) is 25.4 Å². The molecule has 4 aromatic rings. The second-order valence-corrected chi connectivity index (χ2v) is 6.10. The largest absolute Gasteiger partial charge is 0.334 e. The smallest absolute Gasteiger partial charge is 0.231 e. The maximum absolute atomic E-state index is 12.2. The molecule has 0 fully saturated rings. The van der Waals surface area contributed by atoms with Gasteiger partial charge in [-0.15, -0.1) is 0 Å². The van der Waals surface area contributed by atoms with Crippen molar-refractivity contribution in [1.29, 1.82) is 0 Å². The number of nitrogens with zero attached hydrogens (tertiary/aromatic N) is 6. The quantitative estimate of drug-likeness (QED) is 0.609. The Morgan fingerprint density at radius 3 is 2.81 bits per heavy atom. The molecule has 0 bridgehead atoms. The fourth-order valence-electron chi connectivity index (χ4n) is 2.80. The molecule has 1 aromatic carbocycles. The highest BCUT2D eigenvalue weighted by Crippen LogP contribution is 2.23. The summed E-state index contributed by atoms with van der Waals surface area (Å²) in [5.41, 5.74) is 3.59. The lowest BCUT2D eigenvalue weighted by molar-refractivity contribution is -0.115. The predicted molar refractivity (Wildman–Crippen MR) is 97.3 cm³/mol. The Balaban J connectivity index is 1.58. The van der Waals surface area contributed by atoms with Crippen LogP contribution in [0.2, 0.25) is 0 Å². The standard InChI is InChI=1S/C18H17N7O/c1-24-11-19-9-16(24)13-3-4-14-8-20-18(22-15(14)6-13)23-17(26)5-12-7-21-25(2)10-12/h3-4,6-11H,5H2,1-2H3,(H,20,22,23,26). The third-order valence-electron chi connectivity index (χ3n) is 4.07. The number of fused-ring (bicyclic) bond motifs is 1. The minimum Gasteiger partial charge on any atom is -0.334 e. The van der Waals surface area contributed by atoms with Gasteiger partial charge in [0.2, 0.25) is 11.9 Å². The molecule has 0 aliphatic heterocycles. The van der Waals surface area contributed by atoms with Gasteiger partial charge in [0.25, 0.3) is 0 Å². The Labute approximate surface area is 149 Å². The van der Waals surface area contributed by atoms with Gasteiger partial charge in [-0.25, -0.2) is 15.0 Å². The van der Waals surface area contributed by atoms with Gasteiger partial charge in [-0.3, -0.25) is 14.8 Å². The van der Waals surface area contributed by atoms with Gasteiger partial charge in [0.1, 0.15) is 0 Å². The Morgan fingerprint density at radius 2 is 2.08 bits per heavy atom. The lowest BCUT2D eigenvalue weighted by atomic mass is 10.1. The Hall–Kier alpha value is -3.55. The summed E-state index contributed by atoms with van der Waals surface area (Å²) >= 11 is 0. The van der Waals surface area contributed by atoms with Crippen LogP contribution in [0, 0.1) is 0 Å². The van der Waals surface area contributed by atoms with Gasteiger partial charge in [0.05, 0.1) is 36.4 Å². The van der Waals surface area contributed by atoms with Gasteiger partial charge in [0.15, 0.2) is 0 Å². The van der Waals surface area contributed by atoms with Gasteiger partial charge in [0, 0.05) is 37.4 Å². The van der Waals surface area contributed by atoms with Crippen molar-refractivity contribution in [3.8, 4) is 11.3 Å². The summed E-state index contributed by atoms with van der Waals surface area (Å²) in [6.07, 6.45) is 8.96. The van der Waals surface area contributed by atoms with Crippen molar-refractivity contribution in [2.75, 3.05) is 5.32 Å². The molecule has 26 heavy (non-hydrogen) atoms. The van der Waals surface area contributed by atoms with Crippen LogP contribution in [0.5, 0.6) is 0 Å². The normalized spacial score (nSPS) is 11.0. The molecule has 0 atom stereocenters. The molecule has 0 saturated carbocycles. The molecule has 4 rings (SSSR count). The van der Waals surface area contributed by atoms with Crippen molar-refractivity contribution in [3.05, 3.63) is 54.9 Å². The van der Waals surface area contributed by atoms with E-state index in [1.807, 2.05) is 36.9 Å². The monoisotopic (exact) mass is 347 g/mol. The minimum absolute atomic E-state index is 0.180. The zero-order valence-corrected chi connectivity index (χ0v) is 14.4. The lowest BCUT2D eigenvalue weighted by Gasteiger charge is -2.06. The molecule has 8 heteroatoms. The highest BCUT2D eigenvalue weighted by atomic mass is 16.1. The zero-order chi connectivity index (χ0) is 18.1. The maximum Gasteiger partial charge on any atom is 0.231 e. The Bertz CT molecular complexity index is 1100. The van der Waals surface area contributed by atoms with Gasteiger partial charge >= 0.3 is 0 Å². The highest BCUT2D eigenvalue weighted by Gasteiger charge is 2.09. The fraction of sp³-hybridized carbons (Fsp3) is 0.167. The first-order valence-electron chi connectivity index (χ1n) is 8.09. The molecule has 1 amide bonds. The van der Waals surface area contributed by atoms with E-state index in [1.54, 1.807) is 35.8 Å². The van der Waals surface area contributed by atoms with Crippen LogP contribution in [0.1, 0.15) is 5.56 Å². The molecular weight excluding hydrogens is 330 g/mol. The first-order valence-corrected chi connectivity index (χ1v) is 8.09. The van der Waals surface area contributed by atoms with E-state index >= 15 is 0 Å². The van der Waals surface area contributed by atoms with Crippen molar-refractivity contribution < 1.29 is 4.79 Å². The number of hydrogen-bond acceptors (Lipinski definition) is 5. The summed E-state index contributed by atoms with van der Waals surface area (Å²) in [5.74, 6) is 0.105. The van der Waals surface area contributed by atoms with E-state index < -0.39 is 0 Å². The minimum atomic E-state index is -0.180. The van der Waals surface area contributed by atoms with Crippen molar-refractivity contribution in [2.45, 2.75) is 6.42 Å². The summed E-state index contributed by atoms with van der Waals surface area (Å²) in [7, 11) is 3.75. The number of rotatable bonds is 4. The van der Waals surface area contributed by atoms with Crippen molar-refractivity contribution in [2.24, 2.45) is 14.1 Å². The molecule has 0 aliphatic carbocycles. The SMILES string of the molecule is Cn1cc(CC(=O)Nc2ncc3ccc(-c4cncn4C)cc3n2)cn1. The van der Waals surface area contributed by atoms with E-state index in [0.29, 0.717) is 0 Å². The zero-order valence-electron chi connectivity index (χ0n) is 14.4. The number of carbonyl (C=O) groups excluding carboxylic acids is 1. The number of carbonyl (C=O) groups is 1. The van der Waals surface area contributed by atoms with E-state index in [9.17, 15) is 4.79 Å². The van der Waals surface area contributed by atoms with Crippen LogP contribution in [-0.4, -0.2) is 35.2 Å². The molecule has 8 nitrogen and oxygen atoms in total. The van der Waals surface area contributed by atoms with Crippen molar-refractivity contribution in [3.63, 3.8) is 0 Å². The lowest BCUT2D eigenvalue weighted by Crippen LogP contribution is -2.16. The first kappa shape index (κ1) is 15.9. The second kappa shape index (κ2) is 6.40. The molecule has 3 heterocycles. The Morgan fingerprint density at radius 1 is 1.19 bits per heavy atom. The fourth-order valence-corrected chi connectivity index (χ4v) is 2.80. The van der Waals surface area contributed by atoms with Gasteiger partial charge < -0.3 is 4.57 Å². The number of imidazole rings is 1. The van der Waals surface area contributed by atoms with Crippen LogP contribution in [0.3, 0.4) is 0 Å². The average molecular weight is 347 g/mol.